The maximum atomic E-state index is 12.3. The van der Waals surface area contributed by atoms with Gasteiger partial charge in [0.1, 0.15) is 12.1 Å². The Labute approximate surface area is 166 Å². The number of hydrogen-bond donors (Lipinski definition) is 0. The molecule has 0 radical (unpaired) electrons. The molecule has 8 nitrogen and oxygen atoms in total. The minimum Gasteiger partial charge on any atom is -0.493 e. The molecule has 0 fully saturated rings. The first kappa shape index (κ1) is 19.8. The predicted molar refractivity (Wildman–Crippen MR) is 108 cm³/mol. The molecule has 0 saturated carbocycles. The van der Waals surface area contributed by atoms with Crippen LogP contribution in [0.1, 0.15) is 5.56 Å². The van der Waals surface area contributed by atoms with Crippen LogP contribution >= 0.6 is 0 Å². The van der Waals surface area contributed by atoms with E-state index in [-0.39, 0.29) is 12.3 Å². The third-order valence-electron chi connectivity index (χ3n) is 3.91. The molecule has 2 aromatic carbocycles. The Morgan fingerprint density at radius 3 is 2.83 bits per heavy atom. The van der Waals surface area contributed by atoms with Crippen LogP contribution < -0.4 is 15.0 Å². The lowest BCUT2D eigenvalue weighted by Crippen LogP contribution is -2.26. The van der Waals surface area contributed by atoms with Crippen LogP contribution in [0.25, 0.3) is 17.0 Å². The van der Waals surface area contributed by atoms with E-state index in [0.717, 1.165) is 4.68 Å². The summed E-state index contributed by atoms with van der Waals surface area (Å²) in [7, 11) is 1.53. The lowest BCUT2D eigenvalue weighted by molar-refractivity contribution is -0.141. The molecule has 0 N–H and O–H groups in total. The Bertz CT molecular complexity index is 1120. The molecule has 0 aliphatic carbocycles. The maximum Gasteiger partial charge on any atom is 0.332 e. The average molecular weight is 393 g/mol. The van der Waals surface area contributed by atoms with Crippen LogP contribution in [0.2, 0.25) is 0 Å². The summed E-state index contributed by atoms with van der Waals surface area (Å²) < 4.78 is 16.8. The fraction of sp³-hybridized carbons (Fsp3) is 0.143. The van der Waals surface area contributed by atoms with Crippen LogP contribution in [-0.2, 0) is 16.3 Å². The van der Waals surface area contributed by atoms with Crippen molar-refractivity contribution < 1.29 is 19.0 Å². The Hall–Kier alpha value is -3.94. The molecule has 3 aromatic rings. The highest BCUT2D eigenvalue weighted by Gasteiger charge is 2.07. The van der Waals surface area contributed by atoms with Crippen LogP contribution in [0.3, 0.4) is 0 Å². The van der Waals surface area contributed by atoms with Gasteiger partial charge in [0.15, 0.2) is 18.2 Å². The van der Waals surface area contributed by atoms with Crippen molar-refractivity contribution in [3.8, 4) is 11.5 Å². The van der Waals surface area contributed by atoms with Crippen molar-refractivity contribution in [3.05, 3.63) is 77.1 Å². The number of ether oxygens (including phenoxy) is 3. The average Bonchev–Trinajstić information content (AvgIpc) is 2.76. The summed E-state index contributed by atoms with van der Waals surface area (Å²) in [5, 5.41) is 8.11. The Morgan fingerprint density at radius 2 is 2.03 bits per heavy atom. The zero-order valence-electron chi connectivity index (χ0n) is 15.8. The van der Waals surface area contributed by atoms with E-state index in [0.29, 0.717) is 34.6 Å². The zero-order valence-corrected chi connectivity index (χ0v) is 15.8. The van der Waals surface area contributed by atoms with Gasteiger partial charge < -0.3 is 14.2 Å². The lowest BCUT2D eigenvalue weighted by Gasteiger charge is -2.09. The molecule has 0 aliphatic heterocycles. The van der Waals surface area contributed by atoms with Gasteiger partial charge in [-0.15, -0.1) is 5.10 Å². The van der Waals surface area contributed by atoms with Crippen LogP contribution in [0.4, 0.5) is 0 Å². The van der Waals surface area contributed by atoms with Crippen molar-refractivity contribution in [2.75, 3.05) is 13.7 Å². The Kier molecular flexibility index (Phi) is 6.36. The van der Waals surface area contributed by atoms with E-state index in [4.69, 9.17) is 14.2 Å². The molecule has 0 spiro atoms. The summed E-state index contributed by atoms with van der Waals surface area (Å²) in [6, 6.07) is 12.0. The van der Waals surface area contributed by atoms with Gasteiger partial charge in [-0.25, -0.2) is 4.79 Å². The highest BCUT2D eigenvalue weighted by atomic mass is 16.5. The number of carbonyl (C=O) groups is 1. The lowest BCUT2D eigenvalue weighted by atomic mass is 10.2. The number of aromatic nitrogens is 3. The van der Waals surface area contributed by atoms with Gasteiger partial charge in [-0.05, 0) is 35.9 Å². The molecule has 0 bridgehead atoms. The van der Waals surface area contributed by atoms with Crippen molar-refractivity contribution >= 4 is 22.9 Å². The second-order valence-corrected chi connectivity index (χ2v) is 5.85. The quantitative estimate of drug-likeness (QED) is 0.330. The first-order valence-corrected chi connectivity index (χ1v) is 8.71. The summed E-state index contributed by atoms with van der Waals surface area (Å²) >= 11 is 0. The number of carbonyl (C=O) groups excluding carboxylic acids is 1. The van der Waals surface area contributed by atoms with Crippen LogP contribution in [0, 0.1) is 0 Å². The van der Waals surface area contributed by atoms with Gasteiger partial charge in [-0.3, -0.25) is 4.79 Å². The third-order valence-corrected chi connectivity index (χ3v) is 3.91. The van der Waals surface area contributed by atoms with E-state index in [9.17, 15) is 9.59 Å². The van der Waals surface area contributed by atoms with Crippen LogP contribution in [0.15, 0.2) is 66.0 Å². The van der Waals surface area contributed by atoms with Crippen molar-refractivity contribution in [1.29, 1.82) is 0 Å². The summed E-state index contributed by atoms with van der Waals surface area (Å²) in [6.07, 6.45) is 4.45. The molecular formula is C21H19N3O5. The van der Waals surface area contributed by atoms with E-state index < -0.39 is 5.97 Å². The molecule has 29 heavy (non-hydrogen) atoms. The highest BCUT2D eigenvalue weighted by molar-refractivity contribution is 5.87. The van der Waals surface area contributed by atoms with Crippen LogP contribution in [-0.4, -0.2) is 34.7 Å². The minimum atomic E-state index is -0.627. The van der Waals surface area contributed by atoms with Gasteiger partial charge >= 0.3 is 5.97 Å². The molecule has 0 aliphatic rings. The molecule has 3 rings (SSSR count). The predicted octanol–water partition coefficient (Wildman–Crippen LogP) is 2.58. The first-order chi connectivity index (χ1) is 14.1. The first-order valence-electron chi connectivity index (χ1n) is 8.71. The molecule has 0 saturated heterocycles. The Balaban J connectivity index is 1.65. The van der Waals surface area contributed by atoms with Crippen LogP contribution in [0.5, 0.6) is 11.5 Å². The largest absolute Gasteiger partial charge is 0.493 e. The number of methoxy groups -OCH3 is 1. The number of benzene rings is 2. The van der Waals surface area contributed by atoms with Gasteiger partial charge in [0.2, 0.25) is 0 Å². The van der Waals surface area contributed by atoms with Crippen molar-refractivity contribution in [2.24, 2.45) is 0 Å². The van der Waals surface area contributed by atoms with Gasteiger partial charge in [0.25, 0.3) is 5.56 Å². The molecule has 148 valence electrons. The molecule has 8 heteroatoms. The van der Waals surface area contributed by atoms with E-state index in [1.807, 2.05) is 0 Å². The summed E-state index contributed by atoms with van der Waals surface area (Å²) in [5.41, 5.74) is 0.814. The molecule has 0 atom stereocenters. The molecule has 0 unspecified atom stereocenters. The molecule has 1 aromatic heterocycles. The molecule has 1 heterocycles. The van der Waals surface area contributed by atoms with E-state index in [1.165, 1.54) is 13.2 Å². The third kappa shape index (κ3) is 4.86. The van der Waals surface area contributed by atoms with Crippen molar-refractivity contribution in [3.63, 3.8) is 0 Å². The topological polar surface area (TPSA) is 92.5 Å². The second kappa shape index (κ2) is 9.32. The minimum absolute atomic E-state index is 0.336. The standard InChI is InChI=1S/C21H19N3O5/c1-3-12-28-18-10-8-15(13-19(18)27-2)9-11-20(25)29-14-24-21(26)16-6-4-5-7-17(16)22-23-24/h3-11,13H,1,12,14H2,2H3/b11-9+. The molecular weight excluding hydrogens is 374 g/mol. The number of hydrogen-bond acceptors (Lipinski definition) is 7. The summed E-state index contributed by atoms with van der Waals surface area (Å²) in [4.78, 5) is 24.3. The number of esters is 1. The fourth-order valence-electron chi connectivity index (χ4n) is 2.50. The Morgan fingerprint density at radius 1 is 1.21 bits per heavy atom. The normalized spacial score (nSPS) is 10.8. The smallest absolute Gasteiger partial charge is 0.332 e. The summed E-state index contributed by atoms with van der Waals surface area (Å²) in [5.74, 6) is 0.472. The number of nitrogens with zero attached hydrogens (tertiary/aromatic N) is 3. The SMILES string of the molecule is C=CCOc1ccc(/C=C/C(=O)OCn2nnc3ccccc3c2=O)cc1OC. The fourth-order valence-corrected chi connectivity index (χ4v) is 2.50. The summed E-state index contributed by atoms with van der Waals surface area (Å²) in [6.45, 7) is 3.62. The second-order valence-electron chi connectivity index (χ2n) is 5.85. The van der Waals surface area contributed by atoms with E-state index >= 15 is 0 Å². The zero-order chi connectivity index (χ0) is 20.6. The van der Waals surface area contributed by atoms with Gasteiger partial charge in [-0.2, -0.15) is 4.68 Å². The van der Waals surface area contributed by atoms with E-state index in [1.54, 1.807) is 54.6 Å². The monoisotopic (exact) mass is 393 g/mol. The highest BCUT2D eigenvalue weighted by Crippen LogP contribution is 2.28. The van der Waals surface area contributed by atoms with Crippen molar-refractivity contribution in [1.82, 2.24) is 15.0 Å². The van der Waals surface area contributed by atoms with E-state index in [2.05, 4.69) is 16.9 Å². The number of rotatable bonds is 8. The number of fused-ring (bicyclic) bond motifs is 1. The van der Waals surface area contributed by atoms with Gasteiger partial charge in [0.05, 0.1) is 12.5 Å². The van der Waals surface area contributed by atoms with Gasteiger partial charge in [0, 0.05) is 6.08 Å². The van der Waals surface area contributed by atoms with Gasteiger partial charge in [-0.1, -0.05) is 36.1 Å². The maximum absolute atomic E-state index is 12.3. The molecule has 0 amide bonds. The van der Waals surface area contributed by atoms with Crippen molar-refractivity contribution in [2.45, 2.75) is 6.73 Å².